The summed E-state index contributed by atoms with van der Waals surface area (Å²) in [5.41, 5.74) is 1.11. The normalized spacial score (nSPS) is 11.0. The smallest absolute Gasteiger partial charge is 0.251 e. The molecule has 23 heavy (non-hydrogen) atoms. The summed E-state index contributed by atoms with van der Waals surface area (Å²) in [5.74, 6) is 0.323. The molecule has 2 aromatic carbocycles. The Morgan fingerprint density at radius 3 is 2.57 bits per heavy atom. The minimum Gasteiger partial charge on any atom is -0.496 e. The Kier molecular flexibility index (Phi) is 5.36. The van der Waals surface area contributed by atoms with Gasteiger partial charge in [-0.15, -0.1) is 0 Å². The molecular weight excluding hydrogens is 316 g/mol. The third-order valence-corrected chi connectivity index (χ3v) is 4.72. The molecule has 0 aliphatic rings. The van der Waals surface area contributed by atoms with E-state index in [2.05, 4.69) is 10.0 Å². The molecule has 2 aromatic rings. The number of carbonyl (C=O) groups is 1. The molecule has 0 atom stereocenters. The predicted molar refractivity (Wildman–Crippen MR) is 86.9 cm³/mol. The molecule has 0 saturated heterocycles. The Hall–Kier alpha value is -2.38. The zero-order chi connectivity index (χ0) is 16.9. The first-order valence-corrected chi connectivity index (χ1v) is 8.40. The lowest BCUT2D eigenvalue weighted by Gasteiger charge is -2.10. The van der Waals surface area contributed by atoms with Gasteiger partial charge in [-0.2, -0.15) is 0 Å². The average Bonchev–Trinajstić information content (AvgIpc) is 2.60. The molecule has 0 fully saturated rings. The van der Waals surface area contributed by atoms with E-state index in [0.29, 0.717) is 5.75 Å². The van der Waals surface area contributed by atoms with Gasteiger partial charge in [0.2, 0.25) is 10.0 Å². The summed E-state index contributed by atoms with van der Waals surface area (Å²) < 4.78 is 31.0. The van der Waals surface area contributed by atoms with Gasteiger partial charge in [-0.1, -0.05) is 24.3 Å². The van der Waals surface area contributed by atoms with Crippen LogP contribution in [-0.4, -0.2) is 28.5 Å². The van der Waals surface area contributed by atoms with Crippen molar-refractivity contribution in [1.82, 2.24) is 10.0 Å². The van der Waals surface area contributed by atoms with Crippen LogP contribution in [0.25, 0.3) is 0 Å². The van der Waals surface area contributed by atoms with Crippen LogP contribution in [0.15, 0.2) is 53.4 Å². The predicted octanol–water partition coefficient (Wildman–Crippen LogP) is 1.53. The fourth-order valence-electron chi connectivity index (χ4n) is 2.05. The van der Waals surface area contributed by atoms with Crippen LogP contribution < -0.4 is 14.8 Å². The molecule has 0 radical (unpaired) electrons. The van der Waals surface area contributed by atoms with Gasteiger partial charge in [0.15, 0.2) is 0 Å². The third kappa shape index (κ3) is 4.08. The lowest BCUT2D eigenvalue weighted by atomic mass is 10.2. The van der Waals surface area contributed by atoms with Crippen LogP contribution in [0, 0.1) is 0 Å². The van der Waals surface area contributed by atoms with Crippen LogP contribution in [0.2, 0.25) is 0 Å². The molecule has 0 aromatic heterocycles. The topological polar surface area (TPSA) is 84.5 Å². The van der Waals surface area contributed by atoms with E-state index in [0.717, 1.165) is 5.56 Å². The Balaban J connectivity index is 2.14. The van der Waals surface area contributed by atoms with Crippen molar-refractivity contribution in [2.75, 3.05) is 14.2 Å². The number of rotatable bonds is 6. The Morgan fingerprint density at radius 1 is 1.13 bits per heavy atom. The van der Waals surface area contributed by atoms with Gasteiger partial charge in [0.1, 0.15) is 5.75 Å². The maximum Gasteiger partial charge on any atom is 0.251 e. The first-order chi connectivity index (χ1) is 11.0. The minimum atomic E-state index is -3.58. The lowest BCUT2D eigenvalue weighted by molar-refractivity contribution is 0.0950. The van der Waals surface area contributed by atoms with E-state index in [9.17, 15) is 13.2 Å². The summed E-state index contributed by atoms with van der Waals surface area (Å²) in [6, 6.07) is 13.2. The quantitative estimate of drug-likeness (QED) is 0.839. The van der Waals surface area contributed by atoms with E-state index in [4.69, 9.17) is 4.74 Å². The van der Waals surface area contributed by atoms with Crippen molar-refractivity contribution >= 4 is 15.9 Å². The molecule has 0 saturated carbocycles. The first-order valence-electron chi connectivity index (χ1n) is 6.91. The molecule has 0 unspecified atom stereocenters. The maximum atomic E-state index is 12.2. The van der Waals surface area contributed by atoms with Crippen molar-refractivity contribution in [3.05, 3.63) is 59.7 Å². The van der Waals surface area contributed by atoms with E-state index in [1.807, 2.05) is 24.3 Å². The third-order valence-electron chi connectivity index (χ3n) is 3.31. The highest BCUT2D eigenvalue weighted by Gasteiger charge is 2.14. The number of para-hydroxylation sites is 1. The molecule has 122 valence electrons. The van der Waals surface area contributed by atoms with E-state index >= 15 is 0 Å². The number of amides is 1. The number of hydrogen-bond acceptors (Lipinski definition) is 4. The van der Waals surface area contributed by atoms with Crippen LogP contribution in [0.1, 0.15) is 15.9 Å². The van der Waals surface area contributed by atoms with Gasteiger partial charge in [-0.25, -0.2) is 13.1 Å². The number of benzene rings is 2. The van der Waals surface area contributed by atoms with Crippen molar-refractivity contribution in [3.63, 3.8) is 0 Å². The highest BCUT2D eigenvalue weighted by molar-refractivity contribution is 7.89. The van der Waals surface area contributed by atoms with Gasteiger partial charge in [-0.3, -0.25) is 4.79 Å². The van der Waals surface area contributed by atoms with Crippen LogP contribution in [0.4, 0.5) is 0 Å². The fraction of sp³-hybridized carbons (Fsp3) is 0.188. The molecule has 0 spiro atoms. The van der Waals surface area contributed by atoms with E-state index in [1.165, 1.54) is 25.2 Å². The number of methoxy groups -OCH3 is 1. The molecular formula is C16H18N2O4S. The highest BCUT2D eigenvalue weighted by atomic mass is 32.2. The summed E-state index contributed by atoms with van der Waals surface area (Å²) in [6.45, 7) is 0.284. The zero-order valence-corrected chi connectivity index (χ0v) is 13.7. The second-order valence-electron chi connectivity index (χ2n) is 4.73. The van der Waals surface area contributed by atoms with Gasteiger partial charge in [0.25, 0.3) is 5.91 Å². The maximum absolute atomic E-state index is 12.2. The number of carbonyl (C=O) groups excluding carboxylic acids is 1. The molecule has 2 rings (SSSR count). The number of sulfonamides is 1. The molecule has 6 nitrogen and oxygen atoms in total. The van der Waals surface area contributed by atoms with Gasteiger partial charge < -0.3 is 10.1 Å². The Bertz CT molecular complexity index is 803. The molecule has 0 bridgehead atoms. The molecule has 2 N–H and O–H groups in total. The van der Waals surface area contributed by atoms with Crippen molar-refractivity contribution in [2.24, 2.45) is 0 Å². The largest absolute Gasteiger partial charge is 0.496 e. The first kappa shape index (κ1) is 17.0. The summed E-state index contributed by atoms with van der Waals surface area (Å²) >= 11 is 0. The van der Waals surface area contributed by atoms with Crippen LogP contribution in [-0.2, 0) is 16.6 Å². The molecule has 1 amide bonds. The fourth-order valence-corrected chi connectivity index (χ4v) is 2.82. The molecule has 7 heteroatoms. The van der Waals surface area contributed by atoms with Gasteiger partial charge in [-0.05, 0) is 31.3 Å². The van der Waals surface area contributed by atoms with Crippen molar-refractivity contribution in [2.45, 2.75) is 11.4 Å². The van der Waals surface area contributed by atoms with E-state index in [-0.39, 0.29) is 22.9 Å². The number of nitrogens with one attached hydrogen (secondary N) is 2. The van der Waals surface area contributed by atoms with Crippen LogP contribution in [0.5, 0.6) is 5.75 Å². The standard InChI is InChI=1S/C16H18N2O4S/c1-17-23(20,21)14-8-5-7-12(10-14)16(19)18-11-13-6-3-4-9-15(13)22-2/h3-10,17H,11H2,1-2H3,(H,18,19). The molecule has 0 heterocycles. The van der Waals surface area contributed by atoms with Gasteiger partial charge in [0.05, 0.1) is 12.0 Å². The summed E-state index contributed by atoms with van der Waals surface area (Å²) in [5, 5.41) is 2.75. The number of ether oxygens (including phenoxy) is 1. The van der Waals surface area contributed by atoms with Crippen molar-refractivity contribution < 1.29 is 17.9 Å². The highest BCUT2D eigenvalue weighted by Crippen LogP contribution is 2.17. The van der Waals surface area contributed by atoms with Crippen LogP contribution in [0.3, 0.4) is 0 Å². The van der Waals surface area contributed by atoms with Gasteiger partial charge >= 0.3 is 0 Å². The number of hydrogen-bond donors (Lipinski definition) is 2. The SMILES string of the molecule is CNS(=O)(=O)c1cccc(C(=O)NCc2ccccc2OC)c1. The van der Waals surface area contributed by atoms with Crippen molar-refractivity contribution in [3.8, 4) is 5.75 Å². The second-order valence-corrected chi connectivity index (χ2v) is 6.62. The Morgan fingerprint density at radius 2 is 1.87 bits per heavy atom. The monoisotopic (exact) mass is 334 g/mol. The zero-order valence-electron chi connectivity index (χ0n) is 12.9. The van der Waals surface area contributed by atoms with Crippen molar-refractivity contribution in [1.29, 1.82) is 0 Å². The lowest BCUT2D eigenvalue weighted by Crippen LogP contribution is -2.24. The van der Waals surface area contributed by atoms with E-state index in [1.54, 1.807) is 13.2 Å². The second kappa shape index (κ2) is 7.26. The minimum absolute atomic E-state index is 0.0462. The Labute approximate surface area is 135 Å². The van der Waals surface area contributed by atoms with Gasteiger partial charge in [0, 0.05) is 17.7 Å². The van der Waals surface area contributed by atoms with E-state index < -0.39 is 10.0 Å². The molecule has 0 aliphatic heterocycles. The molecule has 0 aliphatic carbocycles. The summed E-state index contributed by atoms with van der Waals surface area (Å²) in [6.07, 6.45) is 0. The average molecular weight is 334 g/mol. The summed E-state index contributed by atoms with van der Waals surface area (Å²) in [7, 11) is -0.697. The van der Waals surface area contributed by atoms with Crippen LogP contribution >= 0.6 is 0 Å². The summed E-state index contributed by atoms with van der Waals surface area (Å²) in [4.78, 5) is 12.3.